The van der Waals surface area contributed by atoms with Crippen LogP contribution in [0.5, 0.6) is 5.88 Å². The summed E-state index contributed by atoms with van der Waals surface area (Å²) in [4.78, 5) is 37.5. The SMILES string of the molecule is COc1ncnc2cc(C3CCN(C(=O)OC(C)(C)C)CC3)c(=O)[nH]c12. The Labute approximate surface area is 151 Å². The lowest BCUT2D eigenvalue weighted by Gasteiger charge is -2.33. The molecule has 1 amide bonds. The Balaban J connectivity index is 1.76. The van der Waals surface area contributed by atoms with Crippen LogP contribution in [0.1, 0.15) is 45.1 Å². The molecule has 8 nitrogen and oxygen atoms in total. The number of ether oxygens (including phenoxy) is 2. The van der Waals surface area contributed by atoms with Crippen LogP contribution in [0.25, 0.3) is 11.0 Å². The number of nitrogens with zero attached hydrogens (tertiary/aromatic N) is 3. The molecular weight excluding hydrogens is 336 g/mol. The van der Waals surface area contributed by atoms with Crippen LogP contribution in [-0.4, -0.2) is 51.7 Å². The fraction of sp³-hybridized carbons (Fsp3) is 0.556. The van der Waals surface area contributed by atoms with Crippen LogP contribution in [0.3, 0.4) is 0 Å². The second kappa shape index (κ2) is 6.93. The summed E-state index contributed by atoms with van der Waals surface area (Å²) in [5, 5.41) is 0. The molecule has 1 fully saturated rings. The van der Waals surface area contributed by atoms with E-state index in [1.165, 1.54) is 13.4 Å². The molecule has 0 bridgehead atoms. The standard InChI is InChI=1S/C18H24N4O4/c1-18(2,3)26-17(24)22-7-5-11(6-8-22)12-9-13-14(21-15(12)23)16(25-4)20-10-19-13/h9-11H,5-8H2,1-4H3,(H,21,23). The minimum absolute atomic E-state index is 0.0720. The zero-order valence-corrected chi connectivity index (χ0v) is 15.5. The highest BCUT2D eigenvalue weighted by Gasteiger charge is 2.28. The van der Waals surface area contributed by atoms with Gasteiger partial charge in [0.1, 0.15) is 17.4 Å². The number of amides is 1. The smallest absolute Gasteiger partial charge is 0.410 e. The summed E-state index contributed by atoms with van der Waals surface area (Å²) in [6.07, 6.45) is 2.52. The van der Waals surface area contributed by atoms with Gasteiger partial charge in [0, 0.05) is 18.7 Å². The number of carbonyl (C=O) groups is 1. The van der Waals surface area contributed by atoms with Crippen molar-refractivity contribution in [3.8, 4) is 5.88 Å². The lowest BCUT2D eigenvalue weighted by atomic mass is 9.90. The molecule has 0 aromatic carbocycles. The molecule has 0 aliphatic carbocycles. The van der Waals surface area contributed by atoms with Crippen LogP contribution in [0.2, 0.25) is 0 Å². The van der Waals surface area contributed by atoms with Gasteiger partial charge in [-0.05, 0) is 45.6 Å². The highest BCUT2D eigenvalue weighted by Crippen LogP contribution is 2.28. The summed E-state index contributed by atoms with van der Waals surface area (Å²) in [5.74, 6) is 0.418. The van der Waals surface area contributed by atoms with E-state index >= 15 is 0 Å². The molecule has 0 atom stereocenters. The zero-order chi connectivity index (χ0) is 18.9. The van der Waals surface area contributed by atoms with E-state index in [2.05, 4.69) is 15.0 Å². The number of aromatic amines is 1. The van der Waals surface area contributed by atoms with Gasteiger partial charge in [-0.2, -0.15) is 4.98 Å². The van der Waals surface area contributed by atoms with Crippen LogP contribution in [0.4, 0.5) is 4.79 Å². The number of pyridine rings is 1. The monoisotopic (exact) mass is 360 g/mol. The third-order valence-corrected chi connectivity index (χ3v) is 4.41. The third kappa shape index (κ3) is 3.79. The lowest BCUT2D eigenvalue weighted by Crippen LogP contribution is -2.41. The average molecular weight is 360 g/mol. The number of H-pyrrole nitrogens is 1. The molecule has 1 aliphatic rings. The van der Waals surface area contributed by atoms with E-state index < -0.39 is 5.60 Å². The first-order valence-corrected chi connectivity index (χ1v) is 8.68. The molecule has 3 heterocycles. The summed E-state index contributed by atoms with van der Waals surface area (Å²) >= 11 is 0. The predicted octanol–water partition coefficient (Wildman–Crippen LogP) is 2.44. The van der Waals surface area contributed by atoms with Crippen LogP contribution < -0.4 is 10.3 Å². The van der Waals surface area contributed by atoms with Crippen molar-refractivity contribution in [1.82, 2.24) is 19.9 Å². The van der Waals surface area contributed by atoms with Crippen molar-refractivity contribution in [2.24, 2.45) is 0 Å². The van der Waals surface area contributed by atoms with Gasteiger partial charge >= 0.3 is 6.09 Å². The number of fused-ring (bicyclic) bond motifs is 1. The molecule has 2 aromatic rings. The van der Waals surface area contributed by atoms with Gasteiger partial charge in [-0.3, -0.25) is 4.79 Å². The van der Waals surface area contributed by atoms with E-state index in [9.17, 15) is 9.59 Å². The molecule has 8 heteroatoms. The number of hydrogen-bond acceptors (Lipinski definition) is 6. The molecule has 26 heavy (non-hydrogen) atoms. The van der Waals surface area contributed by atoms with Gasteiger partial charge in [-0.15, -0.1) is 0 Å². The molecule has 3 rings (SSSR count). The molecule has 1 saturated heterocycles. The topological polar surface area (TPSA) is 97.4 Å². The highest BCUT2D eigenvalue weighted by molar-refractivity contribution is 5.79. The van der Waals surface area contributed by atoms with Crippen molar-refractivity contribution in [3.05, 3.63) is 28.3 Å². The first-order chi connectivity index (χ1) is 12.3. The Morgan fingerprint density at radius 1 is 1.27 bits per heavy atom. The number of piperidine rings is 1. The zero-order valence-electron chi connectivity index (χ0n) is 15.5. The Kier molecular flexibility index (Phi) is 4.84. The minimum Gasteiger partial charge on any atom is -0.479 e. The molecule has 0 saturated carbocycles. The molecule has 0 unspecified atom stereocenters. The van der Waals surface area contributed by atoms with Crippen molar-refractivity contribution in [2.45, 2.75) is 45.1 Å². The Morgan fingerprint density at radius 3 is 2.58 bits per heavy atom. The molecule has 0 radical (unpaired) electrons. The molecule has 1 N–H and O–H groups in total. The average Bonchev–Trinajstić information content (AvgIpc) is 2.59. The normalized spacial score (nSPS) is 15.9. The lowest BCUT2D eigenvalue weighted by molar-refractivity contribution is 0.0204. The summed E-state index contributed by atoms with van der Waals surface area (Å²) < 4.78 is 10.6. The van der Waals surface area contributed by atoms with Crippen molar-refractivity contribution < 1.29 is 14.3 Å². The quantitative estimate of drug-likeness (QED) is 0.883. The first-order valence-electron chi connectivity index (χ1n) is 8.68. The maximum absolute atomic E-state index is 12.5. The minimum atomic E-state index is -0.512. The largest absolute Gasteiger partial charge is 0.479 e. The van der Waals surface area contributed by atoms with Crippen molar-refractivity contribution in [2.75, 3.05) is 20.2 Å². The maximum atomic E-state index is 12.5. The van der Waals surface area contributed by atoms with Gasteiger partial charge in [0.25, 0.3) is 5.56 Å². The number of methoxy groups -OCH3 is 1. The van der Waals surface area contributed by atoms with Gasteiger partial charge in [-0.1, -0.05) is 0 Å². The second-order valence-electron chi connectivity index (χ2n) is 7.44. The van der Waals surface area contributed by atoms with Crippen molar-refractivity contribution >= 4 is 17.1 Å². The summed E-state index contributed by atoms with van der Waals surface area (Å²) in [6.45, 7) is 6.67. The van der Waals surface area contributed by atoms with Crippen LogP contribution in [0, 0.1) is 0 Å². The summed E-state index contributed by atoms with van der Waals surface area (Å²) in [5.41, 5.74) is 1.14. The number of carbonyl (C=O) groups excluding carboxylic acids is 1. The molecule has 1 aliphatic heterocycles. The number of aromatic nitrogens is 3. The number of likely N-dealkylation sites (tertiary alicyclic amines) is 1. The van der Waals surface area contributed by atoms with E-state index in [0.29, 0.717) is 48.4 Å². The van der Waals surface area contributed by atoms with Crippen LogP contribution in [0.15, 0.2) is 17.2 Å². The fourth-order valence-electron chi connectivity index (χ4n) is 3.17. The van der Waals surface area contributed by atoms with Crippen LogP contribution >= 0.6 is 0 Å². The molecule has 2 aromatic heterocycles. The van der Waals surface area contributed by atoms with Crippen molar-refractivity contribution in [3.63, 3.8) is 0 Å². The van der Waals surface area contributed by atoms with Gasteiger partial charge in [0.2, 0.25) is 5.88 Å². The molecule has 0 spiro atoms. The van der Waals surface area contributed by atoms with Crippen molar-refractivity contribution in [1.29, 1.82) is 0 Å². The Morgan fingerprint density at radius 2 is 1.96 bits per heavy atom. The van der Waals surface area contributed by atoms with Gasteiger partial charge in [-0.25, -0.2) is 9.78 Å². The van der Waals surface area contributed by atoms with Gasteiger partial charge in [0.05, 0.1) is 12.6 Å². The maximum Gasteiger partial charge on any atom is 0.410 e. The Bertz CT molecular complexity index is 864. The van der Waals surface area contributed by atoms with E-state index in [-0.39, 0.29) is 17.6 Å². The summed E-state index contributed by atoms with van der Waals surface area (Å²) in [6, 6.07) is 1.80. The predicted molar refractivity (Wildman–Crippen MR) is 96.5 cm³/mol. The molecular formula is C18H24N4O4. The molecule has 140 valence electrons. The number of rotatable bonds is 2. The fourth-order valence-corrected chi connectivity index (χ4v) is 3.17. The van der Waals surface area contributed by atoms with E-state index in [1.807, 2.05) is 20.8 Å². The second-order valence-corrected chi connectivity index (χ2v) is 7.44. The summed E-state index contributed by atoms with van der Waals surface area (Å²) in [7, 11) is 1.50. The van der Waals surface area contributed by atoms with Crippen LogP contribution in [-0.2, 0) is 4.74 Å². The highest BCUT2D eigenvalue weighted by atomic mass is 16.6. The van der Waals surface area contributed by atoms with E-state index in [0.717, 1.165) is 0 Å². The number of nitrogens with one attached hydrogen (secondary N) is 1. The van der Waals surface area contributed by atoms with E-state index in [4.69, 9.17) is 9.47 Å². The van der Waals surface area contributed by atoms with Gasteiger partial charge < -0.3 is 19.4 Å². The third-order valence-electron chi connectivity index (χ3n) is 4.41. The first kappa shape index (κ1) is 18.2. The number of hydrogen-bond donors (Lipinski definition) is 1. The Hall–Kier alpha value is -2.64. The van der Waals surface area contributed by atoms with E-state index in [1.54, 1.807) is 11.0 Å². The van der Waals surface area contributed by atoms with Gasteiger partial charge in [0.15, 0.2) is 0 Å².